The van der Waals surface area contributed by atoms with E-state index in [0.29, 0.717) is 17.6 Å². The number of halogens is 4. The first-order valence-corrected chi connectivity index (χ1v) is 13.7. The van der Waals surface area contributed by atoms with E-state index < -0.39 is 17.6 Å². The molecule has 0 radical (unpaired) electrons. The van der Waals surface area contributed by atoms with E-state index in [1.807, 2.05) is 30.0 Å². The predicted octanol–water partition coefficient (Wildman–Crippen LogP) is 6.50. The highest BCUT2D eigenvalue weighted by molar-refractivity contribution is 5.84. The molecule has 8 heteroatoms. The van der Waals surface area contributed by atoms with Gasteiger partial charge in [-0.15, -0.1) is 0 Å². The second-order valence-electron chi connectivity index (χ2n) is 11.5. The van der Waals surface area contributed by atoms with Gasteiger partial charge in [-0.1, -0.05) is 18.2 Å². The van der Waals surface area contributed by atoms with Crippen molar-refractivity contribution >= 4 is 16.6 Å². The second kappa shape index (κ2) is 10.9. The maximum Gasteiger partial charge on any atom is 0.257 e. The van der Waals surface area contributed by atoms with Gasteiger partial charge in [0.25, 0.3) is 5.92 Å². The summed E-state index contributed by atoms with van der Waals surface area (Å²) in [7, 11) is 0. The average Bonchev–Trinajstić information content (AvgIpc) is 3.21. The third kappa shape index (κ3) is 6.18. The van der Waals surface area contributed by atoms with E-state index in [9.17, 15) is 17.6 Å². The van der Waals surface area contributed by atoms with Gasteiger partial charge in [0.1, 0.15) is 11.6 Å². The molecule has 4 heterocycles. The minimum Gasteiger partial charge on any atom is -0.371 e. The number of piperidine rings is 2. The molecule has 0 saturated carbocycles. The normalized spacial score (nSPS) is 21.7. The zero-order valence-corrected chi connectivity index (χ0v) is 22.3. The van der Waals surface area contributed by atoms with Crippen LogP contribution in [-0.4, -0.2) is 54.6 Å². The van der Waals surface area contributed by atoms with Crippen LogP contribution >= 0.6 is 0 Å². The Hall–Kier alpha value is -2.58. The van der Waals surface area contributed by atoms with Crippen LogP contribution < -0.4 is 10.2 Å². The second-order valence-corrected chi connectivity index (χ2v) is 11.5. The SMILES string of the molecule is CC1Cc2c([nH]c3ccccc23)CN1CC(C)(F)F.Fc1cc(F)cc(N2CCC3(CCNCC3)CC2)c1. The lowest BCUT2D eigenvalue weighted by Gasteiger charge is -2.45. The van der Waals surface area contributed by atoms with Crippen LogP contribution in [-0.2, 0) is 13.0 Å². The van der Waals surface area contributed by atoms with Gasteiger partial charge >= 0.3 is 0 Å². The number of benzene rings is 2. The summed E-state index contributed by atoms with van der Waals surface area (Å²) < 4.78 is 52.9. The fraction of sp³-hybridized carbons (Fsp3) is 0.533. The Kier molecular flexibility index (Phi) is 7.74. The van der Waals surface area contributed by atoms with E-state index in [0.717, 1.165) is 69.6 Å². The fourth-order valence-corrected chi connectivity index (χ4v) is 6.39. The highest BCUT2D eigenvalue weighted by Crippen LogP contribution is 2.40. The smallest absolute Gasteiger partial charge is 0.257 e. The standard InChI is InChI=1S/C15H20F2N2.C15H18F2N2/c16-12-9-13(17)11-14(10-12)19-7-3-15(4-8-19)1-5-18-6-2-15;1-10-7-12-11-5-3-4-6-13(11)18-14(12)8-19(10)9-15(2,16)17/h9-11,18H,1-8H2;3-6,10,18H,7-9H2,1-2H3. The van der Waals surface area contributed by atoms with E-state index >= 15 is 0 Å². The monoisotopic (exact) mass is 530 g/mol. The van der Waals surface area contributed by atoms with Gasteiger partial charge in [-0.25, -0.2) is 17.6 Å². The first-order chi connectivity index (χ1) is 18.1. The quantitative estimate of drug-likeness (QED) is 0.379. The fourth-order valence-electron chi connectivity index (χ4n) is 6.39. The maximum atomic E-state index is 13.3. The summed E-state index contributed by atoms with van der Waals surface area (Å²) in [6.45, 7) is 7.43. The van der Waals surface area contributed by atoms with Crippen LogP contribution in [0.25, 0.3) is 10.9 Å². The van der Waals surface area contributed by atoms with Crippen molar-refractivity contribution in [2.45, 2.75) is 64.5 Å². The lowest BCUT2D eigenvalue weighted by atomic mass is 9.71. The topological polar surface area (TPSA) is 34.3 Å². The molecule has 3 aliphatic rings. The van der Waals surface area contributed by atoms with Gasteiger partial charge in [0.15, 0.2) is 0 Å². The summed E-state index contributed by atoms with van der Waals surface area (Å²) in [5, 5.41) is 4.63. The van der Waals surface area contributed by atoms with Crippen molar-refractivity contribution in [1.82, 2.24) is 15.2 Å². The minimum atomic E-state index is -2.64. The molecule has 1 unspecified atom stereocenters. The Labute approximate surface area is 222 Å². The van der Waals surface area contributed by atoms with Crippen LogP contribution in [0.3, 0.4) is 0 Å². The van der Waals surface area contributed by atoms with Crippen LogP contribution in [0.2, 0.25) is 0 Å². The Bertz CT molecular complexity index is 1210. The van der Waals surface area contributed by atoms with Crippen molar-refractivity contribution in [2.75, 3.05) is 37.6 Å². The molecule has 3 aromatic rings. The molecule has 1 atom stereocenters. The Morgan fingerprint density at radius 2 is 1.63 bits per heavy atom. The van der Waals surface area contributed by atoms with Crippen molar-refractivity contribution in [3.8, 4) is 0 Å². The summed E-state index contributed by atoms with van der Waals surface area (Å²) in [5.41, 5.74) is 4.63. The number of aromatic nitrogens is 1. The van der Waals surface area contributed by atoms with E-state index in [1.54, 1.807) is 0 Å². The van der Waals surface area contributed by atoms with Crippen LogP contribution in [0.1, 0.15) is 50.8 Å². The van der Waals surface area contributed by atoms with Crippen LogP contribution in [0.4, 0.5) is 23.2 Å². The number of aromatic amines is 1. The molecule has 3 aliphatic heterocycles. The number of nitrogens with one attached hydrogen (secondary N) is 2. The molecule has 0 bridgehead atoms. The molecule has 2 aromatic carbocycles. The zero-order chi connectivity index (χ0) is 26.9. The number of hydrogen-bond acceptors (Lipinski definition) is 3. The molecule has 1 spiro atoms. The third-order valence-corrected chi connectivity index (χ3v) is 8.57. The van der Waals surface area contributed by atoms with Gasteiger partial charge in [0, 0.05) is 61.0 Å². The summed E-state index contributed by atoms with van der Waals surface area (Å²) in [6.07, 6.45) is 5.56. The number of anilines is 1. The molecule has 0 aliphatic carbocycles. The number of nitrogens with zero attached hydrogens (tertiary/aromatic N) is 2. The lowest BCUT2D eigenvalue weighted by molar-refractivity contribution is -0.0293. The number of para-hydroxylation sites is 1. The number of hydrogen-bond donors (Lipinski definition) is 2. The largest absolute Gasteiger partial charge is 0.371 e. The van der Waals surface area contributed by atoms with Crippen LogP contribution in [0, 0.1) is 17.0 Å². The first-order valence-electron chi connectivity index (χ1n) is 13.7. The number of alkyl halides is 2. The third-order valence-electron chi connectivity index (χ3n) is 8.57. The van der Waals surface area contributed by atoms with Gasteiger partial charge in [0.2, 0.25) is 0 Å². The molecule has 1 aromatic heterocycles. The maximum absolute atomic E-state index is 13.3. The molecule has 2 N–H and O–H groups in total. The van der Waals surface area contributed by atoms with E-state index in [4.69, 9.17) is 0 Å². The highest BCUT2D eigenvalue weighted by Gasteiger charge is 2.36. The average molecular weight is 531 g/mol. The van der Waals surface area contributed by atoms with E-state index in [-0.39, 0.29) is 12.6 Å². The Morgan fingerprint density at radius 1 is 0.974 bits per heavy atom. The summed E-state index contributed by atoms with van der Waals surface area (Å²) in [6, 6.07) is 12.1. The number of fused-ring (bicyclic) bond motifs is 3. The van der Waals surface area contributed by atoms with Crippen LogP contribution in [0.5, 0.6) is 0 Å². The lowest BCUT2D eigenvalue weighted by Crippen LogP contribution is -2.45. The van der Waals surface area contributed by atoms with Gasteiger partial charge in [-0.3, -0.25) is 4.90 Å². The molecule has 4 nitrogen and oxygen atoms in total. The highest BCUT2D eigenvalue weighted by atomic mass is 19.3. The van der Waals surface area contributed by atoms with Gasteiger partial charge in [-0.05, 0) is 81.3 Å². The van der Waals surface area contributed by atoms with Crippen molar-refractivity contribution in [2.24, 2.45) is 5.41 Å². The Balaban J connectivity index is 0.000000155. The zero-order valence-electron chi connectivity index (χ0n) is 22.3. The summed E-state index contributed by atoms with van der Waals surface area (Å²) >= 11 is 0. The number of rotatable bonds is 3. The molecule has 2 saturated heterocycles. The molecule has 38 heavy (non-hydrogen) atoms. The molecular formula is C30H38F4N4. The van der Waals surface area contributed by atoms with E-state index in [1.165, 1.54) is 35.9 Å². The molecule has 206 valence electrons. The molecular weight excluding hydrogens is 492 g/mol. The molecule has 2 fully saturated rings. The first kappa shape index (κ1) is 27.0. The Morgan fingerprint density at radius 3 is 2.29 bits per heavy atom. The van der Waals surface area contributed by atoms with Gasteiger partial charge < -0.3 is 15.2 Å². The van der Waals surface area contributed by atoms with Crippen LogP contribution in [0.15, 0.2) is 42.5 Å². The molecule has 0 amide bonds. The summed E-state index contributed by atoms with van der Waals surface area (Å²) in [5.74, 6) is -3.62. The summed E-state index contributed by atoms with van der Waals surface area (Å²) in [4.78, 5) is 7.34. The minimum absolute atomic E-state index is 0.150. The number of H-pyrrole nitrogens is 1. The predicted molar refractivity (Wildman–Crippen MR) is 145 cm³/mol. The van der Waals surface area contributed by atoms with Gasteiger partial charge in [-0.2, -0.15) is 0 Å². The van der Waals surface area contributed by atoms with Crippen molar-refractivity contribution in [3.63, 3.8) is 0 Å². The van der Waals surface area contributed by atoms with E-state index in [2.05, 4.69) is 21.3 Å². The van der Waals surface area contributed by atoms with Gasteiger partial charge in [0.05, 0.1) is 6.54 Å². The van der Waals surface area contributed by atoms with Crippen molar-refractivity contribution < 1.29 is 17.6 Å². The van der Waals surface area contributed by atoms with Crippen molar-refractivity contribution in [3.05, 3.63) is 65.4 Å². The van der Waals surface area contributed by atoms with Crippen molar-refractivity contribution in [1.29, 1.82) is 0 Å². The molecule has 6 rings (SSSR count).